The molecular weight excluding hydrogens is 320 g/mol. The molecule has 0 saturated heterocycles. The molecule has 1 heterocycles. The van der Waals surface area contributed by atoms with E-state index in [-0.39, 0.29) is 11.8 Å². The summed E-state index contributed by atoms with van der Waals surface area (Å²) in [6.45, 7) is 5.94. The summed E-state index contributed by atoms with van der Waals surface area (Å²) in [6, 6.07) is -0.232. The number of nitrogens with zero attached hydrogens (tertiary/aromatic N) is 2. The summed E-state index contributed by atoms with van der Waals surface area (Å²) in [5.41, 5.74) is 0.931. The van der Waals surface area contributed by atoms with E-state index in [4.69, 9.17) is 0 Å². The molecule has 1 aliphatic carbocycles. The van der Waals surface area contributed by atoms with Gasteiger partial charge in [0, 0.05) is 11.8 Å². The molecule has 2 amide bonds. The summed E-state index contributed by atoms with van der Waals surface area (Å²) >= 11 is 0. The third-order valence-electron chi connectivity index (χ3n) is 4.61. The van der Waals surface area contributed by atoms with Gasteiger partial charge in [0.1, 0.15) is 6.04 Å². The molecule has 25 heavy (non-hydrogen) atoms. The second-order valence-corrected chi connectivity index (χ2v) is 7.24. The SMILES string of the molecule is COC(=O)N[C@H](CC(C)C)C(=O)Nc1nn(C2CCCCC2)cc1C. The maximum absolute atomic E-state index is 12.6. The first-order chi connectivity index (χ1) is 11.9. The van der Waals surface area contributed by atoms with Crippen LogP contribution in [0.15, 0.2) is 6.20 Å². The molecule has 1 aliphatic rings. The zero-order chi connectivity index (χ0) is 18.4. The number of amides is 2. The number of alkyl carbamates (subject to hydrolysis) is 1. The van der Waals surface area contributed by atoms with E-state index in [0.29, 0.717) is 18.3 Å². The number of hydrogen-bond donors (Lipinski definition) is 2. The van der Waals surface area contributed by atoms with Crippen LogP contribution in [0.1, 0.15) is 64.0 Å². The maximum atomic E-state index is 12.6. The molecule has 7 heteroatoms. The number of methoxy groups -OCH3 is 1. The molecular formula is C18H30N4O3. The van der Waals surface area contributed by atoms with Crippen LogP contribution < -0.4 is 10.6 Å². The van der Waals surface area contributed by atoms with Crippen LogP contribution in [0.4, 0.5) is 10.6 Å². The average Bonchev–Trinajstić information content (AvgIpc) is 2.95. The van der Waals surface area contributed by atoms with Crippen LogP contribution in [-0.2, 0) is 9.53 Å². The van der Waals surface area contributed by atoms with Gasteiger partial charge in [0.2, 0.25) is 5.91 Å². The second kappa shape index (κ2) is 8.87. The van der Waals surface area contributed by atoms with Crippen molar-refractivity contribution in [3.05, 3.63) is 11.8 Å². The quantitative estimate of drug-likeness (QED) is 0.823. The van der Waals surface area contributed by atoms with Gasteiger partial charge in [-0.1, -0.05) is 33.1 Å². The van der Waals surface area contributed by atoms with Gasteiger partial charge in [0.15, 0.2) is 5.82 Å². The molecule has 1 aromatic heterocycles. The van der Waals surface area contributed by atoms with Gasteiger partial charge in [-0.2, -0.15) is 5.10 Å². The summed E-state index contributed by atoms with van der Waals surface area (Å²) < 4.78 is 6.60. The third kappa shape index (κ3) is 5.47. The summed E-state index contributed by atoms with van der Waals surface area (Å²) in [5.74, 6) is 0.556. The van der Waals surface area contributed by atoms with Crippen LogP contribution in [0.2, 0.25) is 0 Å². The molecule has 0 aromatic carbocycles. The van der Waals surface area contributed by atoms with E-state index in [1.807, 2.05) is 31.6 Å². The lowest BCUT2D eigenvalue weighted by Crippen LogP contribution is -2.44. The highest BCUT2D eigenvalue weighted by Crippen LogP contribution is 2.29. The summed E-state index contributed by atoms with van der Waals surface area (Å²) in [6.07, 6.45) is 7.93. The number of ether oxygens (including phenoxy) is 1. The Morgan fingerprint density at radius 1 is 1.32 bits per heavy atom. The van der Waals surface area contributed by atoms with Gasteiger partial charge in [-0.3, -0.25) is 9.48 Å². The molecule has 0 unspecified atom stereocenters. The lowest BCUT2D eigenvalue weighted by molar-refractivity contribution is -0.118. The van der Waals surface area contributed by atoms with E-state index in [9.17, 15) is 9.59 Å². The van der Waals surface area contributed by atoms with Crippen molar-refractivity contribution < 1.29 is 14.3 Å². The maximum Gasteiger partial charge on any atom is 0.407 e. The van der Waals surface area contributed by atoms with Crippen LogP contribution >= 0.6 is 0 Å². The van der Waals surface area contributed by atoms with E-state index in [1.165, 1.54) is 26.4 Å². The molecule has 140 valence electrons. The average molecular weight is 350 g/mol. The Morgan fingerprint density at radius 2 is 2.00 bits per heavy atom. The number of nitrogens with one attached hydrogen (secondary N) is 2. The predicted octanol–water partition coefficient (Wildman–Crippen LogP) is 3.41. The van der Waals surface area contributed by atoms with Crippen LogP contribution in [0, 0.1) is 12.8 Å². The minimum Gasteiger partial charge on any atom is -0.453 e. The molecule has 7 nitrogen and oxygen atoms in total. The van der Waals surface area contributed by atoms with Crippen molar-refractivity contribution in [2.24, 2.45) is 5.92 Å². The molecule has 0 bridgehead atoms. The Bertz CT molecular complexity index is 591. The molecule has 0 aliphatic heterocycles. The van der Waals surface area contributed by atoms with Crippen LogP contribution in [0.3, 0.4) is 0 Å². The van der Waals surface area contributed by atoms with Crippen molar-refractivity contribution in [1.82, 2.24) is 15.1 Å². The number of rotatable bonds is 6. The van der Waals surface area contributed by atoms with Gasteiger partial charge >= 0.3 is 6.09 Å². The Hall–Kier alpha value is -2.05. The minimum absolute atomic E-state index is 0.258. The van der Waals surface area contributed by atoms with E-state index in [1.54, 1.807) is 0 Å². The summed E-state index contributed by atoms with van der Waals surface area (Å²) in [5, 5.41) is 10.0. The van der Waals surface area contributed by atoms with E-state index in [0.717, 1.165) is 18.4 Å². The highest BCUT2D eigenvalue weighted by atomic mass is 16.5. The summed E-state index contributed by atoms with van der Waals surface area (Å²) in [7, 11) is 1.29. The van der Waals surface area contributed by atoms with Gasteiger partial charge in [-0.05, 0) is 32.1 Å². The van der Waals surface area contributed by atoms with Crippen molar-refractivity contribution in [1.29, 1.82) is 0 Å². The number of hydrogen-bond acceptors (Lipinski definition) is 4. The Labute approximate surface area is 149 Å². The Balaban J connectivity index is 2.06. The highest BCUT2D eigenvalue weighted by Gasteiger charge is 2.24. The van der Waals surface area contributed by atoms with Gasteiger partial charge in [-0.15, -0.1) is 0 Å². The van der Waals surface area contributed by atoms with Crippen LogP contribution in [0.5, 0.6) is 0 Å². The monoisotopic (exact) mass is 350 g/mol. The molecule has 2 N–H and O–H groups in total. The van der Waals surface area contributed by atoms with E-state index in [2.05, 4.69) is 20.5 Å². The number of anilines is 1. The zero-order valence-electron chi connectivity index (χ0n) is 15.7. The van der Waals surface area contributed by atoms with Gasteiger partial charge in [-0.25, -0.2) is 4.79 Å². The first-order valence-electron chi connectivity index (χ1n) is 9.11. The third-order valence-corrected chi connectivity index (χ3v) is 4.61. The lowest BCUT2D eigenvalue weighted by Gasteiger charge is -2.22. The van der Waals surface area contributed by atoms with Gasteiger partial charge in [0.05, 0.1) is 13.2 Å². The molecule has 1 atom stereocenters. The largest absolute Gasteiger partial charge is 0.453 e. The predicted molar refractivity (Wildman–Crippen MR) is 96.5 cm³/mol. The second-order valence-electron chi connectivity index (χ2n) is 7.24. The molecule has 2 rings (SSSR count). The van der Waals surface area contributed by atoms with Gasteiger partial charge in [0.25, 0.3) is 0 Å². The molecule has 0 spiro atoms. The first-order valence-corrected chi connectivity index (χ1v) is 9.11. The van der Waals surface area contributed by atoms with E-state index < -0.39 is 12.1 Å². The molecule has 0 radical (unpaired) electrons. The lowest BCUT2D eigenvalue weighted by atomic mass is 9.96. The van der Waals surface area contributed by atoms with Crippen molar-refractivity contribution in [3.63, 3.8) is 0 Å². The Kier molecular flexibility index (Phi) is 6.84. The van der Waals surface area contributed by atoms with Crippen molar-refractivity contribution in [2.45, 2.75) is 71.4 Å². The standard InChI is InChI=1S/C18H30N4O3/c1-12(2)10-15(19-18(24)25-4)17(23)20-16-13(3)11-22(21-16)14-8-6-5-7-9-14/h11-12,14-15H,5-10H2,1-4H3,(H,19,24)(H,20,21,23)/t15-/m1/s1. The summed E-state index contributed by atoms with van der Waals surface area (Å²) in [4.78, 5) is 24.1. The number of carbonyl (C=O) groups is 2. The van der Waals surface area contributed by atoms with Crippen molar-refractivity contribution in [2.75, 3.05) is 12.4 Å². The normalized spacial score (nSPS) is 16.5. The highest BCUT2D eigenvalue weighted by molar-refractivity contribution is 5.96. The number of aromatic nitrogens is 2. The minimum atomic E-state index is -0.647. The zero-order valence-corrected chi connectivity index (χ0v) is 15.7. The fourth-order valence-electron chi connectivity index (χ4n) is 3.25. The molecule has 1 saturated carbocycles. The molecule has 1 fully saturated rings. The fraction of sp³-hybridized carbons (Fsp3) is 0.722. The topological polar surface area (TPSA) is 85.2 Å². The van der Waals surface area contributed by atoms with Crippen molar-refractivity contribution >= 4 is 17.8 Å². The first kappa shape index (κ1) is 19.3. The van der Waals surface area contributed by atoms with E-state index >= 15 is 0 Å². The number of aryl methyl sites for hydroxylation is 1. The smallest absolute Gasteiger partial charge is 0.407 e. The Morgan fingerprint density at radius 3 is 2.60 bits per heavy atom. The van der Waals surface area contributed by atoms with Crippen molar-refractivity contribution in [3.8, 4) is 0 Å². The fourth-order valence-corrected chi connectivity index (χ4v) is 3.25. The van der Waals surface area contributed by atoms with Crippen LogP contribution in [0.25, 0.3) is 0 Å². The number of carbonyl (C=O) groups excluding carboxylic acids is 2. The van der Waals surface area contributed by atoms with Gasteiger partial charge < -0.3 is 15.4 Å². The molecule has 1 aromatic rings. The van der Waals surface area contributed by atoms with Crippen LogP contribution in [-0.4, -0.2) is 34.9 Å².